The number of likely N-dealkylation sites (tertiary alicyclic amines) is 1. The van der Waals surface area contributed by atoms with Gasteiger partial charge in [-0.15, -0.1) is 0 Å². The van der Waals surface area contributed by atoms with Crippen LogP contribution >= 0.6 is 11.6 Å². The first-order valence-corrected chi connectivity index (χ1v) is 12.5. The topological polar surface area (TPSA) is 79.0 Å². The molecule has 35 heavy (non-hydrogen) atoms. The van der Waals surface area contributed by atoms with Crippen molar-refractivity contribution in [2.75, 3.05) is 33.4 Å². The van der Waals surface area contributed by atoms with Gasteiger partial charge in [-0.05, 0) is 42.9 Å². The molecule has 4 amide bonds. The quantitative estimate of drug-likeness (QED) is 0.562. The molecule has 0 aromatic heterocycles. The number of imide groups is 1. The van der Waals surface area contributed by atoms with Crippen LogP contribution in [-0.2, 0) is 20.7 Å². The summed E-state index contributed by atoms with van der Waals surface area (Å²) in [6.45, 7) is 3.46. The number of nitrogens with one attached hydrogen (secondary N) is 1. The van der Waals surface area contributed by atoms with E-state index in [4.69, 9.17) is 16.3 Å². The molecule has 1 N–H and O–H groups in total. The molecule has 2 fully saturated rings. The van der Waals surface area contributed by atoms with Crippen LogP contribution in [-0.4, -0.2) is 66.5 Å². The third kappa shape index (κ3) is 5.07. The number of piperidine rings is 1. The monoisotopic (exact) mass is 497 g/mol. The fourth-order valence-electron chi connectivity index (χ4n) is 5.26. The van der Waals surface area contributed by atoms with Crippen molar-refractivity contribution in [3.63, 3.8) is 0 Å². The van der Waals surface area contributed by atoms with E-state index in [2.05, 4.69) is 5.32 Å². The van der Waals surface area contributed by atoms with Gasteiger partial charge in [0.2, 0.25) is 5.91 Å². The number of urea groups is 1. The Labute approximate surface area is 211 Å². The molecular weight excluding hydrogens is 466 g/mol. The van der Waals surface area contributed by atoms with Gasteiger partial charge < -0.3 is 15.0 Å². The van der Waals surface area contributed by atoms with Gasteiger partial charge in [0.05, 0.1) is 19.1 Å². The number of hydrogen-bond donors (Lipinski definition) is 1. The number of halogens is 1. The summed E-state index contributed by atoms with van der Waals surface area (Å²) in [6, 6.07) is 16.7. The third-order valence-electron chi connectivity index (χ3n) is 7.32. The first-order chi connectivity index (χ1) is 16.9. The molecule has 2 saturated heterocycles. The molecule has 2 aromatic rings. The highest BCUT2D eigenvalue weighted by Crippen LogP contribution is 2.38. The van der Waals surface area contributed by atoms with E-state index in [-0.39, 0.29) is 36.8 Å². The summed E-state index contributed by atoms with van der Waals surface area (Å²) < 4.78 is 5.11. The van der Waals surface area contributed by atoms with Gasteiger partial charge in [-0.1, -0.05) is 60.1 Å². The van der Waals surface area contributed by atoms with Gasteiger partial charge in [-0.25, -0.2) is 4.79 Å². The molecule has 0 saturated carbocycles. The number of hydrogen-bond acceptors (Lipinski definition) is 4. The molecule has 8 heteroatoms. The Morgan fingerprint density at radius 2 is 1.77 bits per heavy atom. The predicted molar refractivity (Wildman–Crippen MR) is 134 cm³/mol. The molecule has 0 radical (unpaired) electrons. The second kappa shape index (κ2) is 10.8. The largest absolute Gasteiger partial charge is 0.383 e. The summed E-state index contributed by atoms with van der Waals surface area (Å²) >= 11 is 6.45. The molecule has 186 valence electrons. The van der Waals surface area contributed by atoms with E-state index in [9.17, 15) is 14.4 Å². The fourth-order valence-corrected chi connectivity index (χ4v) is 5.47. The van der Waals surface area contributed by atoms with Gasteiger partial charge >= 0.3 is 6.03 Å². The number of benzene rings is 2. The Kier molecular flexibility index (Phi) is 7.77. The lowest BCUT2D eigenvalue weighted by atomic mass is 9.73. The highest BCUT2D eigenvalue weighted by Gasteiger charge is 2.56. The normalized spacial score (nSPS) is 21.8. The Hall–Kier alpha value is -2.90. The maximum Gasteiger partial charge on any atom is 0.325 e. The van der Waals surface area contributed by atoms with Crippen LogP contribution < -0.4 is 5.32 Å². The van der Waals surface area contributed by atoms with Crippen LogP contribution in [0.3, 0.4) is 0 Å². The van der Waals surface area contributed by atoms with E-state index >= 15 is 0 Å². The zero-order chi connectivity index (χ0) is 25.0. The van der Waals surface area contributed by atoms with Crippen molar-refractivity contribution in [2.45, 2.75) is 37.6 Å². The second-order valence-corrected chi connectivity index (χ2v) is 9.76. The van der Waals surface area contributed by atoms with Crippen LogP contribution in [0.15, 0.2) is 54.6 Å². The van der Waals surface area contributed by atoms with E-state index in [0.717, 1.165) is 11.1 Å². The maximum absolute atomic E-state index is 13.7. The predicted octanol–water partition coefficient (Wildman–Crippen LogP) is 3.86. The van der Waals surface area contributed by atoms with Gasteiger partial charge in [-0.2, -0.15) is 0 Å². The standard InChI is InChI=1S/C27H32ClN3O4/c1-19(20-8-4-3-5-9-20)24(32)30-14-12-22(13-15-30)27(18-21-10-6-7-11-23(21)28)25(33)31(16-17-35-2)26(34)29-27/h3-11,19,22H,12-18H2,1-2H3,(H,29,34)/t19-,27+/m0/s1. The molecule has 2 aliphatic heterocycles. The first kappa shape index (κ1) is 25.2. The van der Waals surface area contributed by atoms with Crippen LogP contribution in [0.25, 0.3) is 0 Å². The van der Waals surface area contributed by atoms with Gasteiger partial charge in [0.1, 0.15) is 5.54 Å². The fraction of sp³-hybridized carbons (Fsp3) is 0.444. The Bertz CT molecular complexity index is 1070. The lowest BCUT2D eigenvalue weighted by Gasteiger charge is -2.41. The lowest BCUT2D eigenvalue weighted by molar-refractivity contribution is -0.136. The lowest BCUT2D eigenvalue weighted by Crippen LogP contribution is -2.58. The number of rotatable bonds is 8. The van der Waals surface area contributed by atoms with Crippen molar-refractivity contribution in [3.8, 4) is 0 Å². The molecule has 2 aliphatic rings. The average molecular weight is 498 g/mol. The zero-order valence-electron chi connectivity index (χ0n) is 20.2. The maximum atomic E-state index is 13.7. The van der Waals surface area contributed by atoms with Crippen molar-refractivity contribution in [1.82, 2.24) is 15.1 Å². The Balaban J connectivity index is 1.54. The minimum Gasteiger partial charge on any atom is -0.383 e. The molecule has 0 aliphatic carbocycles. The second-order valence-electron chi connectivity index (χ2n) is 9.35. The first-order valence-electron chi connectivity index (χ1n) is 12.1. The molecule has 4 rings (SSSR count). The average Bonchev–Trinajstić information content (AvgIpc) is 3.13. The molecule has 7 nitrogen and oxygen atoms in total. The van der Waals surface area contributed by atoms with E-state index in [1.54, 1.807) is 13.2 Å². The highest BCUT2D eigenvalue weighted by atomic mass is 35.5. The molecule has 2 aromatic carbocycles. The summed E-state index contributed by atoms with van der Waals surface area (Å²) in [4.78, 5) is 42.9. The van der Waals surface area contributed by atoms with Crippen LogP contribution in [0.2, 0.25) is 5.02 Å². The van der Waals surface area contributed by atoms with E-state index in [0.29, 0.717) is 37.4 Å². The Morgan fingerprint density at radius 3 is 2.43 bits per heavy atom. The number of nitrogens with zero attached hydrogens (tertiary/aromatic N) is 2. The van der Waals surface area contributed by atoms with Crippen LogP contribution in [0.5, 0.6) is 0 Å². The SMILES string of the molecule is COCCN1C(=O)N[C@](Cc2ccccc2Cl)(C2CCN(C(=O)[C@@H](C)c3ccccc3)CC2)C1=O. The zero-order valence-corrected chi connectivity index (χ0v) is 21.0. The van der Waals surface area contributed by atoms with E-state index in [1.807, 2.05) is 60.4 Å². The summed E-state index contributed by atoms with van der Waals surface area (Å²) in [5.41, 5.74) is 0.699. The third-order valence-corrected chi connectivity index (χ3v) is 7.69. The van der Waals surface area contributed by atoms with Crippen LogP contribution in [0.1, 0.15) is 36.8 Å². The number of amides is 4. The molecule has 0 unspecified atom stereocenters. The molecular formula is C27H32ClN3O4. The van der Waals surface area contributed by atoms with Crippen LogP contribution in [0, 0.1) is 5.92 Å². The Morgan fingerprint density at radius 1 is 1.11 bits per heavy atom. The minimum absolute atomic E-state index is 0.0818. The van der Waals surface area contributed by atoms with Crippen molar-refractivity contribution in [2.24, 2.45) is 5.92 Å². The molecule has 2 atom stereocenters. The smallest absolute Gasteiger partial charge is 0.325 e. The van der Waals surface area contributed by atoms with E-state index < -0.39 is 11.6 Å². The van der Waals surface area contributed by atoms with E-state index in [1.165, 1.54) is 4.90 Å². The van der Waals surface area contributed by atoms with Crippen molar-refractivity contribution in [1.29, 1.82) is 0 Å². The van der Waals surface area contributed by atoms with Crippen molar-refractivity contribution < 1.29 is 19.1 Å². The number of methoxy groups -OCH3 is 1. The van der Waals surface area contributed by atoms with Gasteiger partial charge in [-0.3, -0.25) is 14.5 Å². The summed E-state index contributed by atoms with van der Waals surface area (Å²) in [7, 11) is 1.54. The number of carbonyl (C=O) groups is 3. The van der Waals surface area contributed by atoms with Gasteiger partial charge in [0.25, 0.3) is 5.91 Å². The van der Waals surface area contributed by atoms with Gasteiger partial charge in [0.15, 0.2) is 0 Å². The molecule has 0 spiro atoms. The number of carbonyl (C=O) groups excluding carboxylic acids is 3. The summed E-state index contributed by atoms with van der Waals surface area (Å²) in [6.07, 6.45) is 1.53. The molecule has 2 heterocycles. The van der Waals surface area contributed by atoms with Crippen LogP contribution in [0.4, 0.5) is 4.79 Å². The highest BCUT2D eigenvalue weighted by molar-refractivity contribution is 6.31. The summed E-state index contributed by atoms with van der Waals surface area (Å²) in [5.74, 6) is -0.527. The molecule has 0 bridgehead atoms. The van der Waals surface area contributed by atoms with Gasteiger partial charge in [0, 0.05) is 31.6 Å². The van der Waals surface area contributed by atoms with Crippen molar-refractivity contribution >= 4 is 29.4 Å². The van der Waals surface area contributed by atoms with Crippen molar-refractivity contribution in [3.05, 3.63) is 70.7 Å². The number of ether oxygens (including phenoxy) is 1. The summed E-state index contributed by atoms with van der Waals surface area (Å²) in [5, 5.41) is 3.60. The minimum atomic E-state index is -1.10.